The highest BCUT2D eigenvalue weighted by molar-refractivity contribution is 9.10. The Labute approximate surface area is 187 Å². The number of amides is 1. The van der Waals surface area contributed by atoms with Gasteiger partial charge in [0.2, 0.25) is 5.91 Å². The molecule has 10 heteroatoms. The van der Waals surface area contributed by atoms with E-state index in [1.807, 2.05) is 17.0 Å². The van der Waals surface area contributed by atoms with Crippen LogP contribution in [0.3, 0.4) is 0 Å². The van der Waals surface area contributed by atoms with Crippen LogP contribution in [0, 0.1) is 5.92 Å². The van der Waals surface area contributed by atoms with Crippen molar-refractivity contribution in [2.75, 3.05) is 49.1 Å². The third-order valence-corrected chi connectivity index (χ3v) is 6.26. The number of carbonyl (C=O) groups is 1. The van der Waals surface area contributed by atoms with Crippen LogP contribution in [0.15, 0.2) is 41.1 Å². The normalized spacial score (nSPS) is 20.1. The molecular formula is C21H23BrF3N5O. The maximum atomic E-state index is 13.4. The first-order chi connectivity index (χ1) is 14.8. The Hall–Kier alpha value is -2.36. The molecule has 0 aliphatic carbocycles. The van der Waals surface area contributed by atoms with Crippen molar-refractivity contribution in [2.24, 2.45) is 5.92 Å². The molecule has 0 aromatic carbocycles. The Balaban J connectivity index is 1.39. The summed E-state index contributed by atoms with van der Waals surface area (Å²) in [4.78, 5) is 27.1. The van der Waals surface area contributed by atoms with Crippen LogP contribution in [-0.2, 0) is 11.0 Å². The number of pyridine rings is 2. The maximum absolute atomic E-state index is 13.4. The summed E-state index contributed by atoms with van der Waals surface area (Å²) in [6.07, 6.45) is -0.0231. The molecular weight excluding hydrogens is 475 g/mol. The number of anilines is 2. The number of rotatable bonds is 3. The molecule has 166 valence electrons. The van der Waals surface area contributed by atoms with Crippen LogP contribution in [0.2, 0.25) is 0 Å². The fourth-order valence-electron chi connectivity index (χ4n) is 4.21. The summed E-state index contributed by atoms with van der Waals surface area (Å²) in [6, 6.07) is 6.21. The van der Waals surface area contributed by atoms with Crippen molar-refractivity contribution in [1.82, 2.24) is 14.9 Å². The number of alkyl halides is 3. The lowest BCUT2D eigenvalue weighted by molar-refractivity contribution is -0.137. The van der Waals surface area contributed by atoms with Gasteiger partial charge in [-0.2, -0.15) is 13.2 Å². The summed E-state index contributed by atoms with van der Waals surface area (Å²) in [5, 5.41) is 0. The van der Waals surface area contributed by atoms with E-state index in [0.29, 0.717) is 45.6 Å². The number of piperidine rings is 1. The minimum absolute atomic E-state index is 0.0117. The SMILES string of the molecule is O=C(C1CCCN(c2ncccc2C(F)(F)F)C1)N1CCN(c2ccc(Br)cn2)CC1. The zero-order valence-corrected chi connectivity index (χ0v) is 18.4. The first kappa shape index (κ1) is 21.9. The van der Waals surface area contributed by atoms with E-state index in [-0.39, 0.29) is 24.2 Å². The Kier molecular flexibility index (Phi) is 6.36. The van der Waals surface area contributed by atoms with Crippen molar-refractivity contribution in [1.29, 1.82) is 0 Å². The largest absolute Gasteiger partial charge is 0.419 e. The molecule has 0 saturated carbocycles. The van der Waals surface area contributed by atoms with Gasteiger partial charge in [0.25, 0.3) is 0 Å². The highest BCUT2D eigenvalue weighted by atomic mass is 79.9. The molecule has 0 radical (unpaired) electrons. The number of hydrogen-bond acceptors (Lipinski definition) is 5. The van der Waals surface area contributed by atoms with Crippen molar-refractivity contribution in [3.05, 3.63) is 46.7 Å². The molecule has 31 heavy (non-hydrogen) atoms. The molecule has 2 fully saturated rings. The third kappa shape index (κ3) is 4.94. The van der Waals surface area contributed by atoms with Crippen LogP contribution >= 0.6 is 15.9 Å². The Bertz CT molecular complexity index is 916. The second-order valence-corrected chi connectivity index (χ2v) is 8.72. The smallest absolute Gasteiger partial charge is 0.355 e. The summed E-state index contributed by atoms with van der Waals surface area (Å²) in [5.41, 5.74) is -0.751. The number of carbonyl (C=O) groups excluding carboxylic acids is 1. The molecule has 2 aromatic rings. The first-order valence-corrected chi connectivity index (χ1v) is 11.0. The second-order valence-electron chi connectivity index (χ2n) is 7.80. The number of aromatic nitrogens is 2. The van der Waals surface area contributed by atoms with Crippen molar-refractivity contribution < 1.29 is 18.0 Å². The first-order valence-electron chi connectivity index (χ1n) is 10.3. The van der Waals surface area contributed by atoms with E-state index in [0.717, 1.165) is 16.4 Å². The van der Waals surface area contributed by atoms with Gasteiger partial charge in [0, 0.05) is 56.1 Å². The summed E-state index contributed by atoms with van der Waals surface area (Å²) >= 11 is 3.37. The zero-order valence-electron chi connectivity index (χ0n) is 16.9. The van der Waals surface area contributed by atoms with Crippen LogP contribution in [0.1, 0.15) is 18.4 Å². The van der Waals surface area contributed by atoms with Gasteiger partial charge in [-0.25, -0.2) is 9.97 Å². The molecule has 1 unspecified atom stereocenters. The molecule has 1 amide bonds. The van der Waals surface area contributed by atoms with Gasteiger partial charge in [-0.05, 0) is 53.0 Å². The zero-order chi connectivity index (χ0) is 22.0. The van der Waals surface area contributed by atoms with Crippen LogP contribution in [0.25, 0.3) is 0 Å². The maximum Gasteiger partial charge on any atom is 0.419 e. The van der Waals surface area contributed by atoms with E-state index in [4.69, 9.17) is 0 Å². The average molecular weight is 498 g/mol. The molecule has 0 bridgehead atoms. The lowest BCUT2D eigenvalue weighted by Crippen LogP contribution is -2.53. The molecule has 0 spiro atoms. The second kappa shape index (κ2) is 9.02. The summed E-state index contributed by atoms with van der Waals surface area (Å²) in [7, 11) is 0. The molecule has 0 N–H and O–H groups in total. The van der Waals surface area contributed by atoms with Crippen molar-refractivity contribution >= 4 is 33.5 Å². The molecule has 4 rings (SSSR count). The van der Waals surface area contributed by atoms with Gasteiger partial charge in [-0.3, -0.25) is 4.79 Å². The molecule has 2 aromatic heterocycles. The highest BCUT2D eigenvalue weighted by Crippen LogP contribution is 2.36. The van der Waals surface area contributed by atoms with Crippen molar-refractivity contribution in [3.63, 3.8) is 0 Å². The Morgan fingerprint density at radius 2 is 1.81 bits per heavy atom. The summed E-state index contributed by atoms with van der Waals surface area (Å²) < 4.78 is 41.1. The van der Waals surface area contributed by atoms with Gasteiger partial charge >= 0.3 is 6.18 Å². The minimum atomic E-state index is -4.47. The van der Waals surface area contributed by atoms with E-state index in [1.54, 1.807) is 11.1 Å². The van der Waals surface area contributed by atoms with E-state index >= 15 is 0 Å². The van der Waals surface area contributed by atoms with Crippen LogP contribution in [0.5, 0.6) is 0 Å². The van der Waals surface area contributed by atoms with E-state index in [2.05, 4.69) is 30.8 Å². The molecule has 2 aliphatic rings. The monoisotopic (exact) mass is 497 g/mol. The summed E-state index contributed by atoms with van der Waals surface area (Å²) in [5.74, 6) is 0.472. The van der Waals surface area contributed by atoms with Gasteiger partial charge in [0.1, 0.15) is 11.6 Å². The topological polar surface area (TPSA) is 52.6 Å². The Morgan fingerprint density at radius 3 is 2.48 bits per heavy atom. The van der Waals surface area contributed by atoms with Gasteiger partial charge < -0.3 is 14.7 Å². The number of hydrogen-bond donors (Lipinski definition) is 0. The third-order valence-electron chi connectivity index (χ3n) is 5.79. The molecule has 2 aliphatic heterocycles. The van der Waals surface area contributed by atoms with Crippen LogP contribution in [0.4, 0.5) is 24.8 Å². The minimum Gasteiger partial charge on any atom is -0.355 e. The standard InChI is InChI=1S/C21H23BrF3N5O/c22-16-5-6-18(27-13-16)28-9-11-29(12-10-28)20(31)15-3-2-8-30(14-15)19-17(21(23,24)25)4-1-7-26-19/h1,4-7,13,15H,2-3,8-12,14H2. The lowest BCUT2D eigenvalue weighted by Gasteiger charge is -2.40. The number of nitrogens with zero attached hydrogens (tertiary/aromatic N) is 5. The fourth-order valence-corrected chi connectivity index (χ4v) is 4.45. The van der Waals surface area contributed by atoms with Gasteiger partial charge in [0.05, 0.1) is 11.5 Å². The quantitative estimate of drug-likeness (QED) is 0.645. The van der Waals surface area contributed by atoms with Crippen molar-refractivity contribution in [3.8, 4) is 0 Å². The fraction of sp³-hybridized carbons (Fsp3) is 0.476. The Morgan fingerprint density at radius 1 is 1.03 bits per heavy atom. The lowest BCUT2D eigenvalue weighted by atomic mass is 9.95. The highest BCUT2D eigenvalue weighted by Gasteiger charge is 2.38. The van der Waals surface area contributed by atoms with Crippen LogP contribution in [-0.4, -0.2) is 60.0 Å². The summed E-state index contributed by atoms with van der Waals surface area (Å²) in [6.45, 7) is 3.22. The van der Waals surface area contributed by atoms with Gasteiger partial charge in [0.15, 0.2) is 0 Å². The van der Waals surface area contributed by atoms with Gasteiger partial charge in [-0.1, -0.05) is 0 Å². The van der Waals surface area contributed by atoms with Crippen molar-refractivity contribution in [2.45, 2.75) is 19.0 Å². The van der Waals surface area contributed by atoms with E-state index < -0.39 is 11.7 Å². The van der Waals surface area contributed by atoms with E-state index in [9.17, 15) is 18.0 Å². The molecule has 1 atom stereocenters. The average Bonchev–Trinajstić information content (AvgIpc) is 2.79. The van der Waals surface area contributed by atoms with Crippen LogP contribution < -0.4 is 9.80 Å². The van der Waals surface area contributed by atoms with Gasteiger partial charge in [-0.15, -0.1) is 0 Å². The molecule has 4 heterocycles. The molecule has 6 nitrogen and oxygen atoms in total. The predicted octanol–water partition coefficient (Wildman–Crippen LogP) is 3.82. The predicted molar refractivity (Wildman–Crippen MR) is 115 cm³/mol. The number of halogens is 4. The molecule has 2 saturated heterocycles. The van der Waals surface area contributed by atoms with E-state index in [1.165, 1.54) is 12.3 Å². The number of piperazine rings is 1.